The normalized spacial score (nSPS) is 11.6. The lowest BCUT2D eigenvalue weighted by molar-refractivity contribution is 0.946. The van der Waals surface area contributed by atoms with Gasteiger partial charge in [0.05, 0.1) is 6.17 Å². The molecule has 0 aliphatic carbocycles. The molecule has 0 amide bonds. The maximum absolute atomic E-state index is 5.72. The van der Waals surface area contributed by atoms with E-state index >= 15 is 0 Å². The summed E-state index contributed by atoms with van der Waals surface area (Å²) in [5.74, 6) is 0. The first kappa shape index (κ1) is 12.2. The average molecular weight is 239 g/mol. The molecule has 0 spiro atoms. The zero-order valence-corrected chi connectivity index (χ0v) is 10.1. The van der Waals surface area contributed by atoms with Gasteiger partial charge in [-0.05, 0) is 36.4 Å². The van der Waals surface area contributed by atoms with Gasteiger partial charge < -0.3 is 16.4 Å². The Morgan fingerprint density at radius 2 is 1.44 bits per heavy atom. The van der Waals surface area contributed by atoms with Gasteiger partial charge in [-0.15, -0.1) is 0 Å². The minimum absolute atomic E-state index is 0.224. The molecule has 18 heavy (non-hydrogen) atoms. The van der Waals surface area contributed by atoms with Crippen LogP contribution in [0, 0.1) is 0 Å². The van der Waals surface area contributed by atoms with Crippen LogP contribution in [0.15, 0.2) is 67.3 Å². The zero-order valence-electron chi connectivity index (χ0n) is 10.1. The van der Waals surface area contributed by atoms with Gasteiger partial charge in [0.1, 0.15) is 0 Å². The number of hydrogen-bond donors (Lipinski definition) is 3. The Morgan fingerprint density at radius 1 is 0.889 bits per heavy atom. The molecule has 3 nitrogen and oxygen atoms in total. The summed E-state index contributed by atoms with van der Waals surface area (Å²) in [6.07, 6.45) is 1.44. The van der Waals surface area contributed by atoms with E-state index in [1.165, 1.54) is 0 Å². The fourth-order valence-corrected chi connectivity index (χ4v) is 1.59. The molecule has 1 unspecified atom stereocenters. The topological polar surface area (TPSA) is 50.1 Å². The number of anilines is 3. The summed E-state index contributed by atoms with van der Waals surface area (Å²) >= 11 is 0. The Morgan fingerprint density at radius 3 is 2.06 bits per heavy atom. The molecule has 0 radical (unpaired) electrons. The standard InChI is InChI=1S/C15H17N3/c1-2-15(16)18-14-10-8-13(9-11-14)17-12-6-4-3-5-7-12/h2-11,15,17-18H,1,16H2. The molecular weight excluding hydrogens is 222 g/mol. The largest absolute Gasteiger partial charge is 0.367 e. The Kier molecular flexibility index (Phi) is 3.99. The predicted octanol–water partition coefficient (Wildman–Crippen LogP) is 3.31. The number of benzene rings is 2. The molecule has 0 aliphatic heterocycles. The fraction of sp³-hybridized carbons (Fsp3) is 0.0667. The van der Waals surface area contributed by atoms with Crippen molar-refractivity contribution in [3.05, 3.63) is 67.3 Å². The van der Waals surface area contributed by atoms with E-state index < -0.39 is 0 Å². The SMILES string of the molecule is C=CC(N)Nc1ccc(Nc2ccccc2)cc1. The van der Waals surface area contributed by atoms with E-state index in [1.54, 1.807) is 6.08 Å². The van der Waals surface area contributed by atoms with Crippen molar-refractivity contribution in [3.8, 4) is 0 Å². The van der Waals surface area contributed by atoms with Crippen molar-refractivity contribution in [2.75, 3.05) is 10.6 Å². The first-order chi connectivity index (χ1) is 8.78. The number of nitrogens with one attached hydrogen (secondary N) is 2. The number of para-hydroxylation sites is 1. The second-order valence-corrected chi connectivity index (χ2v) is 3.97. The highest BCUT2D eigenvalue weighted by atomic mass is 15.0. The second kappa shape index (κ2) is 5.89. The van der Waals surface area contributed by atoms with Crippen LogP contribution in [0.25, 0.3) is 0 Å². The van der Waals surface area contributed by atoms with Crippen molar-refractivity contribution >= 4 is 17.1 Å². The molecule has 2 aromatic carbocycles. The van der Waals surface area contributed by atoms with Crippen molar-refractivity contribution in [2.24, 2.45) is 5.73 Å². The van der Waals surface area contributed by atoms with E-state index in [2.05, 4.69) is 17.2 Å². The smallest absolute Gasteiger partial charge is 0.0932 e. The lowest BCUT2D eigenvalue weighted by Gasteiger charge is -2.12. The molecule has 3 heteroatoms. The van der Waals surface area contributed by atoms with Gasteiger partial charge in [0.25, 0.3) is 0 Å². The molecule has 4 N–H and O–H groups in total. The lowest BCUT2D eigenvalue weighted by atomic mass is 10.2. The Balaban J connectivity index is 2.02. The Hall–Kier alpha value is -2.26. The number of hydrogen-bond acceptors (Lipinski definition) is 3. The molecular formula is C15H17N3. The van der Waals surface area contributed by atoms with Crippen LogP contribution in [-0.2, 0) is 0 Å². The van der Waals surface area contributed by atoms with Crippen molar-refractivity contribution < 1.29 is 0 Å². The maximum atomic E-state index is 5.72. The third-order valence-electron chi connectivity index (χ3n) is 2.53. The van der Waals surface area contributed by atoms with Gasteiger partial charge in [-0.1, -0.05) is 30.9 Å². The Bertz CT molecular complexity index is 491. The van der Waals surface area contributed by atoms with Crippen LogP contribution in [0.2, 0.25) is 0 Å². The minimum atomic E-state index is -0.224. The summed E-state index contributed by atoms with van der Waals surface area (Å²) in [5, 5.41) is 6.43. The highest BCUT2D eigenvalue weighted by Crippen LogP contribution is 2.18. The highest BCUT2D eigenvalue weighted by molar-refractivity contribution is 5.62. The molecule has 1 atom stereocenters. The summed E-state index contributed by atoms with van der Waals surface area (Å²) in [7, 11) is 0. The number of nitrogens with two attached hydrogens (primary N) is 1. The van der Waals surface area contributed by atoms with Gasteiger partial charge >= 0.3 is 0 Å². The van der Waals surface area contributed by atoms with Crippen LogP contribution in [0.4, 0.5) is 17.1 Å². The molecule has 0 heterocycles. The van der Waals surface area contributed by atoms with Gasteiger partial charge in [0, 0.05) is 17.1 Å². The molecule has 92 valence electrons. The summed E-state index contributed by atoms with van der Waals surface area (Å²) in [5.41, 5.74) is 8.81. The minimum Gasteiger partial charge on any atom is -0.367 e. The number of rotatable bonds is 5. The third-order valence-corrected chi connectivity index (χ3v) is 2.53. The zero-order chi connectivity index (χ0) is 12.8. The molecule has 0 bridgehead atoms. The molecule has 0 fully saturated rings. The molecule has 0 saturated carbocycles. The predicted molar refractivity (Wildman–Crippen MR) is 78.0 cm³/mol. The van der Waals surface area contributed by atoms with Gasteiger partial charge in [0.15, 0.2) is 0 Å². The van der Waals surface area contributed by atoms with E-state index in [0.29, 0.717) is 0 Å². The average Bonchev–Trinajstić information content (AvgIpc) is 2.42. The van der Waals surface area contributed by atoms with Gasteiger partial charge in [-0.2, -0.15) is 0 Å². The third kappa shape index (κ3) is 3.37. The van der Waals surface area contributed by atoms with Crippen LogP contribution in [0.1, 0.15) is 0 Å². The quantitative estimate of drug-likeness (QED) is 0.554. The van der Waals surface area contributed by atoms with Crippen molar-refractivity contribution in [1.82, 2.24) is 0 Å². The molecule has 0 saturated heterocycles. The molecule has 2 aromatic rings. The van der Waals surface area contributed by atoms with Crippen LogP contribution < -0.4 is 16.4 Å². The first-order valence-corrected chi connectivity index (χ1v) is 5.85. The van der Waals surface area contributed by atoms with Crippen molar-refractivity contribution in [3.63, 3.8) is 0 Å². The van der Waals surface area contributed by atoms with E-state index in [1.807, 2.05) is 54.6 Å². The van der Waals surface area contributed by atoms with E-state index in [9.17, 15) is 0 Å². The first-order valence-electron chi connectivity index (χ1n) is 5.85. The summed E-state index contributed by atoms with van der Waals surface area (Å²) in [6.45, 7) is 3.63. The van der Waals surface area contributed by atoms with E-state index in [0.717, 1.165) is 17.1 Å². The maximum Gasteiger partial charge on any atom is 0.0932 e. The van der Waals surface area contributed by atoms with Gasteiger partial charge in [-0.25, -0.2) is 0 Å². The summed E-state index contributed by atoms with van der Waals surface area (Å²) in [4.78, 5) is 0. The van der Waals surface area contributed by atoms with Gasteiger partial charge in [-0.3, -0.25) is 0 Å². The van der Waals surface area contributed by atoms with E-state index in [4.69, 9.17) is 5.73 Å². The second-order valence-electron chi connectivity index (χ2n) is 3.97. The van der Waals surface area contributed by atoms with Crippen molar-refractivity contribution in [2.45, 2.75) is 6.17 Å². The van der Waals surface area contributed by atoms with Crippen LogP contribution in [0.3, 0.4) is 0 Å². The molecule has 0 aromatic heterocycles. The summed E-state index contributed by atoms with van der Waals surface area (Å²) in [6, 6.07) is 18.0. The van der Waals surface area contributed by atoms with Gasteiger partial charge in [0.2, 0.25) is 0 Å². The fourth-order valence-electron chi connectivity index (χ4n) is 1.59. The lowest BCUT2D eigenvalue weighted by Crippen LogP contribution is -2.26. The monoisotopic (exact) mass is 239 g/mol. The van der Waals surface area contributed by atoms with Crippen LogP contribution in [0.5, 0.6) is 0 Å². The highest BCUT2D eigenvalue weighted by Gasteiger charge is 1.97. The van der Waals surface area contributed by atoms with Crippen molar-refractivity contribution in [1.29, 1.82) is 0 Å². The molecule has 0 aliphatic rings. The molecule has 2 rings (SSSR count). The Labute approximate surface area is 107 Å². The van der Waals surface area contributed by atoms with E-state index in [-0.39, 0.29) is 6.17 Å². The summed E-state index contributed by atoms with van der Waals surface area (Å²) < 4.78 is 0. The van der Waals surface area contributed by atoms with Crippen LogP contribution >= 0.6 is 0 Å². The van der Waals surface area contributed by atoms with Crippen LogP contribution in [-0.4, -0.2) is 6.17 Å².